The van der Waals surface area contributed by atoms with E-state index in [0.29, 0.717) is 44.4 Å². The van der Waals surface area contributed by atoms with Crippen molar-refractivity contribution < 1.29 is 29.0 Å². The third-order valence-electron chi connectivity index (χ3n) is 9.38. The van der Waals surface area contributed by atoms with Crippen molar-refractivity contribution in [2.75, 3.05) is 37.6 Å². The van der Waals surface area contributed by atoms with Gasteiger partial charge in [0, 0.05) is 50.4 Å². The Bertz CT molecular complexity index is 1620. The molecule has 246 valence electrons. The maximum absolute atomic E-state index is 13.8. The molecule has 1 aromatic heterocycles. The summed E-state index contributed by atoms with van der Waals surface area (Å²) in [5.74, 6) is -0.979. The van der Waals surface area contributed by atoms with Gasteiger partial charge in [0.05, 0.1) is 5.92 Å². The maximum Gasteiger partial charge on any atom is 0.410 e. The van der Waals surface area contributed by atoms with Gasteiger partial charge in [0.25, 0.3) is 5.91 Å². The summed E-state index contributed by atoms with van der Waals surface area (Å²) in [5.41, 5.74) is 1.76. The molecule has 5 atom stereocenters. The van der Waals surface area contributed by atoms with Crippen LogP contribution in [0.5, 0.6) is 0 Å². The van der Waals surface area contributed by atoms with Crippen LogP contribution in [0.25, 0.3) is 11.4 Å². The Hall–Kier alpha value is -5.00. The fourth-order valence-electron chi connectivity index (χ4n) is 6.67. The first kappa shape index (κ1) is 32.0. The summed E-state index contributed by atoms with van der Waals surface area (Å²) in [7, 11) is 0. The molecule has 3 aromatic rings. The molecular weight excluding hydrogens is 600 g/mol. The molecule has 47 heavy (non-hydrogen) atoms. The van der Waals surface area contributed by atoms with E-state index in [-0.39, 0.29) is 47.9 Å². The molecule has 3 amide bonds. The zero-order valence-electron chi connectivity index (χ0n) is 26.8. The molecule has 0 bridgehead atoms. The average Bonchev–Trinajstić information content (AvgIpc) is 3.60. The van der Waals surface area contributed by atoms with Crippen LogP contribution in [-0.2, 0) is 20.9 Å². The molecule has 2 saturated heterocycles. The number of benzene rings is 2. The molecule has 3 aliphatic rings. The standard InChI is InChI=1S/C35H40N6O6/c1-21(2)30(33(43)39-14-15-41(22(3)17-39)35(46)47-20-23-10-6-4-7-11-23)38-32(42)27-16-28(37-31(36-27)24-12-8-5-9-13-24)40-18-25-26(19-40)29(25)34(44)45/h4-13,16,21-22,25-26,29-30H,14-15,17-20H2,1-3H3,(H,38,42)(H,44,45)/t22-,25-,26+,29-,30+/m1/s1. The van der Waals surface area contributed by atoms with Gasteiger partial charge in [0.1, 0.15) is 24.2 Å². The Morgan fingerprint density at radius 1 is 0.936 bits per heavy atom. The van der Waals surface area contributed by atoms with Crippen LogP contribution in [0.15, 0.2) is 66.7 Å². The number of nitrogens with one attached hydrogen (secondary N) is 1. The lowest BCUT2D eigenvalue weighted by Gasteiger charge is -2.40. The Morgan fingerprint density at radius 3 is 2.21 bits per heavy atom. The number of fused-ring (bicyclic) bond motifs is 1. The van der Waals surface area contributed by atoms with Crippen molar-refractivity contribution in [3.8, 4) is 11.4 Å². The lowest BCUT2D eigenvalue weighted by Crippen LogP contribution is -2.60. The molecule has 0 unspecified atom stereocenters. The number of piperazine rings is 1. The molecule has 2 N–H and O–H groups in total. The molecule has 12 heteroatoms. The minimum atomic E-state index is -0.819. The number of nitrogens with zero attached hydrogens (tertiary/aromatic N) is 5. The van der Waals surface area contributed by atoms with Crippen molar-refractivity contribution in [1.82, 2.24) is 25.1 Å². The van der Waals surface area contributed by atoms with Crippen molar-refractivity contribution in [2.45, 2.75) is 39.5 Å². The van der Waals surface area contributed by atoms with Gasteiger partial charge in [0.15, 0.2) is 5.82 Å². The number of carbonyl (C=O) groups is 4. The topological polar surface area (TPSA) is 145 Å². The number of aromatic nitrogens is 2. The number of piperidine rings is 1. The van der Waals surface area contributed by atoms with Crippen molar-refractivity contribution in [3.05, 3.63) is 78.0 Å². The number of hydrogen-bond donors (Lipinski definition) is 2. The van der Waals surface area contributed by atoms with Crippen molar-refractivity contribution in [1.29, 1.82) is 0 Å². The third-order valence-corrected chi connectivity index (χ3v) is 9.38. The molecule has 0 radical (unpaired) electrons. The SMILES string of the molecule is CC(C)[C@H](NC(=O)c1cc(N2C[C@@H]3[C@H](C2)[C@@H]3C(=O)O)nc(-c2ccccc2)n1)C(=O)N1CCN(C(=O)OCc2ccccc2)[C@H](C)C1. The number of carbonyl (C=O) groups excluding carboxylic acids is 3. The molecule has 12 nitrogen and oxygen atoms in total. The monoisotopic (exact) mass is 640 g/mol. The van der Waals surface area contributed by atoms with E-state index < -0.39 is 24.0 Å². The lowest BCUT2D eigenvalue weighted by atomic mass is 10.0. The second-order valence-corrected chi connectivity index (χ2v) is 13.0. The minimum absolute atomic E-state index is 0.0661. The van der Waals surface area contributed by atoms with Crippen LogP contribution in [0.1, 0.15) is 36.8 Å². The fourth-order valence-corrected chi connectivity index (χ4v) is 6.67. The maximum atomic E-state index is 13.8. The molecule has 6 rings (SSSR count). The van der Waals surface area contributed by atoms with Crippen LogP contribution in [0.4, 0.5) is 10.6 Å². The average molecular weight is 641 g/mol. The molecule has 3 heterocycles. The van der Waals surface area contributed by atoms with Gasteiger partial charge in [-0.3, -0.25) is 14.4 Å². The van der Waals surface area contributed by atoms with Crippen LogP contribution in [-0.4, -0.2) is 93.6 Å². The van der Waals surface area contributed by atoms with E-state index in [2.05, 4.69) is 10.3 Å². The summed E-state index contributed by atoms with van der Waals surface area (Å²) < 4.78 is 5.52. The molecule has 2 aliphatic heterocycles. The number of amides is 3. The predicted molar refractivity (Wildman–Crippen MR) is 173 cm³/mol. The summed E-state index contributed by atoms with van der Waals surface area (Å²) in [6.45, 7) is 7.83. The second kappa shape index (κ2) is 13.4. The summed E-state index contributed by atoms with van der Waals surface area (Å²) in [6, 6.07) is 19.3. The summed E-state index contributed by atoms with van der Waals surface area (Å²) in [4.78, 5) is 66.6. The van der Waals surface area contributed by atoms with E-state index in [1.54, 1.807) is 15.9 Å². The van der Waals surface area contributed by atoms with Crippen LogP contribution in [0.3, 0.4) is 0 Å². The smallest absolute Gasteiger partial charge is 0.410 e. The Morgan fingerprint density at radius 2 is 1.60 bits per heavy atom. The second-order valence-electron chi connectivity index (χ2n) is 13.0. The number of rotatable bonds is 9. The number of carboxylic acid groups (broad SMARTS) is 1. The molecular formula is C35H40N6O6. The highest BCUT2D eigenvalue weighted by molar-refractivity contribution is 5.97. The number of aliphatic carboxylic acids is 1. The summed E-state index contributed by atoms with van der Waals surface area (Å²) in [5, 5.41) is 12.4. The largest absolute Gasteiger partial charge is 0.481 e. The van der Waals surface area contributed by atoms with E-state index >= 15 is 0 Å². The first-order valence-corrected chi connectivity index (χ1v) is 16.1. The van der Waals surface area contributed by atoms with Gasteiger partial charge in [-0.15, -0.1) is 0 Å². The fraction of sp³-hybridized carbons (Fsp3) is 0.429. The van der Waals surface area contributed by atoms with Gasteiger partial charge >= 0.3 is 12.1 Å². The normalized spacial score (nSPS) is 22.4. The Labute approximate surface area is 273 Å². The molecule has 1 aliphatic carbocycles. The zero-order valence-corrected chi connectivity index (χ0v) is 26.8. The molecule has 0 spiro atoms. The minimum Gasteiger partial charge on any atom is -0.481 e. The summed E-state index contributed by atoms with van der Waals surface area (Å²) >= 11 is 0. The van der Waals surface area contributed by atoms with E-state index in [1.165, 1.54) is 0 Å². The van der Waals surface area contributed by atoms with Crippen LogP contribution in [0, 0.1) is 23.7 Å². The van der Waals surface area contributed by atoms with Crippen molar-refractivity contribution in [3.63, 3.8) is 0 Å². The van der Waals surface area contributed by atoms with Crippen LogP contribution in [0.2, 0.25) is 0 Å². The molecule has 2 aromatic carbocycles. The number of hydrogen-bond acceptors (Lipinski definition) is 8. The van der Waals surface area contributed by atoms with Gasteiger partial charge in [0.2, 0.25) is 5.91 Å². The van der Waals surface area contributed by atoms with Crippen LogP contribution < -0.4 is 10.2 Å². The quantitative estimate of drug-likeness (QED) is 0.359. The van der Waals surface area contributed by atoms with Crippen molar-refractivity contribution >= 4 is 29.7 Å². The Kier molecular flexibility index (Phi) is 9.10. The van der Waals surface area contributed by atoms with E-state index in [1.807, 2.05) is 86.3 Å². The van der Waals surface area contributed by atoms with E-state index in [0.717, 1.165) is 11.1 Å². The van der Waals surface area contributed by atoms with Gasteiger partial charge in [-0.25, -0.2) is 14.8 Å². The van der Waals surface area contributed by atoms with E-state index in [9.17, 15) is 24.3 Å². The highest BCUT2D eigenvalue weighted by atomic mass is 16.6. The van der Waals surface area contributed by atoms with Gasteiger partial charge < -0.3 is 29.9 Å². The molecule has 1 saturated carbocycles. The lowest BCUT2D eigenvalue weighted by molar-refractivity contribution is -0.139. The highest BCUT2D eigenvalue weighted by Gasteiger charge is 2.60. The third kappa shape index (κ3) is 6.91. The predicted octanol–water partition coefficient (Wildman–Crippen LogP) is 3.53. The number of anilines is 1. The zero-order chi connectivity index (χ0) is 33.2. The number of ether oxygens (including phenoxy) is 1. The van der Waals surface area contributed by atoms with Crippen LogP contribution >= 0.6 is 0 Å². The summed E-state index contributed by atoms with van der Waals surface area (Å²) in [6.07, 6.45) is -0.426. The molecule has 3 fully saturated rings. The number of carboxylic acids is 1. The Balaban J connectivity index is 1.13. The van der Waals surface area contributed by atoms with Gasteiger partial charge in [-0.05, 0) is 30.2 Å². The van der Waals surface area contributed by atoms with Crippen molar-refractivity contribution in [2.24, 2.45) is 23.7 Å². The van der Waals surface area contributed by atoms with E-state index in [4.69, 9.17) is 9.72 Å². The first-order chi connectivity index (χ1) is 22.6. The van der Waals surface area contributed by atoms with Gasteiger partial charge in [-0.1, -0.05) is 74.5 Å². The first-order valence-electron chi connectivity index (χ1n) is 16.1. The highest BCUT2D eigenvalue weighted by Crippen LogP contribution is 2.52. The van der Waals surface area contributed by atoms with Gasteiger partial charge in [-0.2, -0.15) is 0 Å².